The summed E-state index contributed by atoms with van der Waals surface area (Å²) in [4.78, 5) is 4.34. The molecule has 0 radical (unpaired) electrons. The van der Waals surface area contributed by atoms with Gasteiger partial charge in [-0.25, -0.2) is 4.98 Å². The van der Waals surface area contributed by atoms with Crippen LogP contribution in [0.4, 0.5) is 0 Å². The second-order valence-corrected chi connectivity index (χ2v) is 5.47. The molecule has 0 saturated carbocycles. The second kappa shape index (κ2) is 4.55. The van der Waals surface area contributed by atoms with Crippen LogP contribution in [0.2, 0.25) is 0 Å². The van der Waals surface area contributed by atoms with Crippen LogP contribution in [0.3, 0.4) is 0 Å². The van der Waals surface area contributed by atoms with Gasteiger partial charge in [-0.1, -0.05) is 24.3 Å². The number of benzene rings is 1. The van der Waals surface area contributed by atoms with Crippen LogP contribution in [0.25, 0.3) is 0 Å². The van der Waals surface area contributed by atoms with Crippen molar-refractivity contribution in [1.29, 1.82) is 5.26 Å². The van der Waals surface area contributed by atoms with Crippen LogP contribution in [-0.4, -0.2) is 9.55 Å². The van der Waals surface area contributed by atoms with E-state index in [-0.39, 0.29) is 5.41 Å². The first-order valence-electron chi connectivity index (χ1n) is 6.67. The highest BCUT2D eigenvalue weighted by atomic mass is 15.0. The molecular weight excluding hydrogens is 234 g/mol. The summed E-state index contributed by atoms with van der Waals surface area (Å²) in [6.07, 6.45) is 7.28. The summed E-state index contributed by atoms with van der Waals surface area (Å²) in [6, 6.07) is 11.0. The predicted molar refractivity (Wildman–Crippen MR) is 73.4 cm³/mol. The molecule has 1 heterocycles. The third-order valence-corrected chi connectivity index (χ3v) is 4.16. The van der Waals surface area contributed by atoms with E-state index in [0.717, 1.165) is 31.5 Å². The Hall–Kier alpha value is -2.08. The molecular formula is C16H17N3. The van der Waals surface area contributed by atoms with E-state index in [1.54, 1.807) is 0 Å². The summed E-state index contributed by atoms with van der Waals surface area (Å²) < 4.78 is 2.03. The lowest BCUT2D eigenvalue weighted by molar-refractivity contribution is 0.380. The number of aryl methyl sites for hydroxylation is 2. The molecule has 19 heavy (non-hydrogen) atoms. The van der Waals surface area contributed by atoms with Gasteiger partial charge in [-0.2, -0.15) is 5.26 Å². The molecule has 3 rings (SSSR count). The fraction of sp³-hybridized carbons (Fsp3) is 0.375. The monoisotopic (exact) mass is 251 g/mol. The van der Waals surface area contributed by atoms with E-state index < -0.39 is 0 Å². The van der Waals surface area contributed by atoms with Crippen LogP contribution < -0.4 is 0 Å². The van der Waals surface area contributed by atoms with Gasteiger partial charge >= 0.3 is 0 Å². The smallest absolute Gasteiger partial charge is 0.108 e. The number of hydrogen-bond donors (Lipinski definition) is 0. The largest absolute Gasteiger partial charge is 0.338 e. The van der Waals surface area contributed by atoms with Crippen molar-refractivity contribution in [1.82, 2.24) is 9.55 Å². The maximum Gasteiger partial charge on any atom is 0.108 e. The molecule has 1 aromatic heterocycles. The van der Waals surface area contributed by atoms with Crippen LogP contribution in [0.15, 0.2) is 36.7 Å². The van der Waals surface area contributed by atoms with E-state index in [0.29, 0.717) is 0 Å². The molecule has 1 aromatic carbocycles. The number of fused-ring (bicyclic) bond motifs is 1. The summed E-state index contributed by atoms with van der Waals surface area (Å²) in [5.41, 5.74) is 2.43. The fourth-order valence-electron chi connectivity index (χ4n) is 2.99. The van der Waals surface area contributed by atoms with Crippen LogP contribution >= 0.6 is 0 Å². The van der Waals surface area contributed by atoms with Gasteiger partial charge < -0.3 is 4.57 Å². The van der Waals surface area contributed by atoms with Gasteiger partial charge in [0.05, 0.1) is 11.5 Å². The molecule has 0 N–H and O–H groups in total. The molecule has 0 fully saturated rings. The molecule has 1 aliphatic rings. The minimum atomic E-state index is -0.240. The molecule has 0 unspecified atom stereocenters. The number of nitriles is 1. The van der Waals surface area contributed by atoms with Crippen molar-refractivity contribution in [2.45, 2.75) is 25.7 Å². The molecule has 0 aliphatic heterocycles. The van der Waals surface area contributed by atoms with Crippen molar-refractivity contribution in [3.63, 3.8) is 0 Å². The first kappa shape index (κ1) is 12.0. The van der Waals surface area contributed by atoms with Gasteiger partial charge in [-0.05, 0) is 30.4 Å². The highest BCUT2D eigenvalue weighted by Gasteiger charge is 2.37. The van der Waals surface area contributed by atoms with Gasteiger partial charge in [-0.15, -0.1) is 0 Å². The zero-order valence-electron chi connectivity index (χ0n) is 11.1. The van der Waals surface area contributed by atoms with Crippen LogP contribution in [-0.2, 0) is 26.3 Å². The molecule has 0 saturated heterocycles. The highest BCUT2D eigenvalue weighted by molar-refractivity contribution is 5.37. The van der Waals surface area contributed by atoms with E-state index >= 15 is 0 Å². The number of hydrogen-bond acceptors (Lipinski definition) is 2. The Morgan fingerprint density at radius 3 is 2.53 bits per heavy atom. The van der Waals surface area contributed by atoms with E-state index in [4.69, 9.17) is 0 Å². The summed E-state index contributed by atoms with van der Waals surface area (Å²) in [5.74, 6) is 1.06. The van der Waals surface area contributed by atoms with E-state index in [2.05, 4.69) is 35.3 Å². The summed E-state index contributed by atoms with van der Waals surface area (Å²) in [6.45, 7) is 0. The van der Waals surface area contributed by atoms with Gasteiger partial charge in [0.1, 0.15) is 5.82 Å². The topological polar surface area (TPSA) is 41.6 Å². The van der Waals surface area contributed by atoms with Crippen molar-refractivity contribution in [2.24, 2.45) is 12.5 Å². The Labute approximate surface area is 113 Å². The molecule has 96 valence electrons. The average molecular weight is 251 g/mol. The molecule has 3 heteroatoms. The Morgan fingerprint density at radius 1 is 1.32 bits per heavy atom. The number of rotatable bonds is 3. The molecule has 0 amide bonds. The van der Waals surface area contributed by atoms with E-state index in [1.165, 1.54) is 11.1 Å². The Morgan fingerprint density at radius 2 is 2.00 bits per heavy atom. The minimum Gasteiger partial charge on any atom is -0.338 e. The highest BCUT2D eigenvalue weighted by Crippen LogP contribution is 2.39. The van der Waals surface area contributed by atoms with Gasteiger partial charge in [0.25, 0.3) is 0 Å². The maximum atomic E-state index is 9.61. The first-order valence-corrected chi connectivity index (χ1v) is 6.67. The van der Waals surface area contributed by atoms with E-state index in [1.807, 2.05) is 24.0 Å². The van der Waals surface area contributed by atoms with Gasteiger partial charge in [0, 0.05) is 25.9 Å². The zero-order chi connectivity index (χ0) is 13.3. The Kier molecular flexibility index (Phi) is 2.87. The molecule has 0 atom stereocenters. The third-order valence-electron chi connectivity index (χ3n) is 4.16. The maximum absolute atomic E-state index is 9.61. The standard InChI is InChI=1S/C16H17N3/c1-19-9-8-18-15(19)6-7-16(12-17)10-13-4-2-3-5-14(13)11-16/h2-5,8-9H,6-7,10-11H2,1H3. The summed E-state index contributed by atoms with van der Waals surface area (Å²) >= 11 is 0. The average Bonchev–Trinajstić information content (AvgIpc) is 3.00. The van der Waals surface area contributed by atoms with Crippen molar-refractivity contribution in [3.05, 3.63) is 53.6 Å². The SMILES string of the molecule is Cn1ccnc1CCC1(C#N)Cc2ccccc2C1. The first-order chi connectivity index (χ1) is 9.22. The Balaban J connectivity index is 1.77. The van der Waals surface area contributed by atoms with E-state index in [9.17, 15) is 5.26 Å². The normalized spacial score (nSPS) is 16.0. The summed E-state index contributed by atoms with van der Waals surface area (Å²) in [5, 5.41) is 9.61. The number of imidazole rings is 1. The van der Waals surface area contributed by atoms with Crippen LogP contribution in [0.1, 0.15) is 23.4 Å². The summed E-state index contributed by atoms with van der Waals surface area (Å²) in [7, 11) is 2.00. The van der Waals surface area contributed by atoms with Crippen molar-refractivity contribution >= 4 is 0 Å². The lowest BCUT2D eigenvalue weighted by Crippen LogP contribution is -2.20. The Bertz CT molecular complexity index is 608. The molecule has 3 nitrogen and oxygen atoms in total. The number of nitrogens with zero attached hydrogens (tertiary/aromatic N) is 3. The lowest BCUT2D eigenvalue weighted by Gasteiger charge is -2.19. The fourth-order valence-corrected chi connectivity index (χ4v) is 2.99. The van der Waals surface area contributed by atoms with Crippen molar-refractivity contribution < 1.29 is 0 Å². The van der Waals surface area contributed by atoms with Gasteiger partial charge in [0.15, 0.2) is 0 Å². The number of aromatic nitrogens is 2. The third kappa shape index (κ3) is 2.15. The van der Waals surface area contributed by atoms with Gasteiger partial charge in [-0.3, -0.25) is 0 Å². The van der Waals surface area contributed by atoms with Crippen molar-refractivity contribution in [3.8, 4) is 6.07 Å². The van der Waals surface area contributed by atoms with Crippen LogP contribution in [0.5, 0.6) is 0 Å². The molecule has 0 spiro atoms. The quantitative estimate of drug-likeness (QED) is 0.841. The minimum absolute atomic E-state index is 0.240. The molecule has 0 bridgehead atoms. The molecule has 1 aliphatic carbocycles. The molecule has 2 aromatic rings. The van der Waals surface area contributed by atoms with Crippen molar-refractivity contribution in [2.75, 3.05) is 0 Å². The second-order valence-electron chi connectivity index (χ2n) is 5.47. The zero-order valence-corrected chi connectivity index (χ0v) is 11.1. The lowest BCUT2D eigenvalue weighted by atomic mass is 9.82. The van der Waals surface area contributed by atoms with Gasteiger partial charge in [0.2, 0.25) is 0 Å². The van der Waals surface area contributed by atoms with Crippen LogP contribution in [0, 0.1) is 16.7 Å². The predicted octanol–water partition coefficient (Wildman–Crippen LogP) is 2.66.